The molecule has 0 spiro atoms. The Balaban J connectivity index is 1.79. The lowest BCUT2D eigenvalue weighted by Gasteiger charge is -2.27. The van der Waals surface area contributed by atoms with Crippen LogP contribution in [0.1, 0.15) is 27.0 Å². The number of hydrogen-bond donors (Lipinski definition) is 1. The van der Waals surface area contributed by atoms with Crippen LogP contribution in [0.5, 0.6) is 0 Å². The van der Waals surface area contributed by atoms with Crippen LogP contribution in [0.25, 0.3) is 0 Å². The van der Waals surface area contributed by atoms with Gasteiger partial charge in [-0.1, -0.05) is 23.8 Å². The highest BCUT2D eigenvalue weighted by Crippen LogP contribution is 2.24. The maximum Gasteiger partial charge on any atom is 0.255 e. The quantitative estimate of drug-likeness (QED) is 0.930. The number of benzene rings is 2. The van der Waals surface area contributed by atoms with Gasteiger partial charge in [0.1, 0.15) is 0 Å². The van der Waals surface area contributed by atoms with Crippen molar-refractivity contribution in [3.05, 3.63) is 64.7 Å². The van der Waals surface area contributed by atoms with Crippen molar-refractivity contribution in [2.75, 3.05) is 18.1 Å². The lowest BCUT2D eigenvalue weighted by Crippen LogP contribution is -2.35. The summed E-state index contributed by atoms with van der Waals surface area (Å²) in [5, 5.41) is 2.87. The second-order valence-electron chi connectivity index (χ2n) is 6.15. The molecule has 1 amide bonds. The van der Waals surface area contributed by atoms with Crippen molar-refractivity contribution >= 4 is 21.6 Å². The third-order valence-corrected chi connectivity index (χ3v) is 5.47. The molecule has 0 atom stereocenters. The Bertz CT molecular complexity index is 874. The molecule has 1 aliphatic rings. The molecule has 0 saturated carbocycles. The zero-order valence-corrected chi connectivity index (χ0v) is 14.6. The van der Waals surface area contributed by atoms with Crippen LogP contribution in [0.4, 0.5) is 5.69 Å². The van der Waals surface area contributed by atoms with Crippen LogP contribution >= 0.6 is 0 Å². The number of nitrogens with one attached hydrogen (secondary N) is 1. The third kappa shape index (κ3) is 3.66. The van der Waals surface area contributed by atoms with Crippen LogP contribution in [-0.4, -0.2) is 31.4 Å². The molecule has 24 heavy (non-hydrogen) atoms. The van der Waals surface area contributed by atoms with Crippen LogP contribution < -0.4 is 5.32 Å². The number of carbonyl (C=O) groups excluding carboxylic acids is 1. The van der Waals surface area contributed by atoms with Gasteiger partial charge in [-0.2, -0.15) is 4.31 Å². The van der Waals surface area contributed by atoms with E-state index >= 15 is 0 Å². The largest absolute Gasteiger partial charge is 0.322 e. The second kappa shape index (κ2) is 6.37. The van der Waals surface area contributed by atoms with Gasteiger partial charge >= 0.3 is 0 Å². The Kier molecular flexibility index (Phi) is 4.43. The fourth-order valence-electron chi connectivity index (χ4n) is 2.80. The van der Waals surface area contributed by atoms with Crippen LogP contribution in [0.3, 0.4) is 0 Å². The molecule has 0 fully saturated rings. The number of amides is 1. The molecule has 0 aliphatic carbocycles. The summed E-state index contributed by atoms with van der Waals surface area (Å²) in [6, 6.07) is 13.0. The third-order valence-electron chi connectivity index (χ3n) is 4.22. The molecule has 0 unspecified atom stereocenters. The fraction of sp³-hybridized carbons (Fsp3) is 0.278. The molecule has 1 aliphatic heterocycles. The van der Waals surface area contributed by atoms with Gasteiger partial charge in [0.15, 0.2) is 0 Å². The summed E-state index contributed by atoms with van der Waals surface area (Å²) in [5.41, 5.74) is 4.43. The summed E-state index contributed by atoms with van der Waals surface area (Å²) in [7, 11) is -3.21. The molecule has 1 heterocycles. The number of aryl methyl sites for hydroxylation is 1. The van der Waals surface area contributed by atoms with Gasteiger partial charge in [-0.05, 0) is 48.7 Å². The first kappa shape index (κ1) is 16.7. The van der Waals surface area contributed by atoms with Crippen molar-refractivity contribution in [1.82, 2.24) is 4.31 Å². The Morgan fingerprint density at radius 2 is 1.79 bits per heavy atom. The first-order valence-corrected chi connectivity index (χ1v) is 9.63. The number of nitrogens with zero attached hydrogens (tertiary/aromatic N) is 1. The van der Waals surface area contributed by atoms with Gasteiger partial charge < -0.3 is 5.32 Å². The van der Waals surface area contributed by atoms with Crippen molar-refractivity contribution in [2.45, 2.75) is 19.9 Å². The molecule has 0 bridgehead atoms. The molecule has 1 N–H and O–H groups in total. The topological polar surface area (TPSA) is 66.5 Å². The van der Waals surface area contributed by atoms with Gasteiger partial charge in [0.2, 0.25) is 10.0 Å². The summed E-state index contributed by atoms with van der Waals surface area (Å²) in [4.78, 5) is 12.3. The van der Waals surface area contributed by atoms with E-state index in [0.717, 1.165) is 16.7 Å². The monoisotopic (exact) mass is 344 g/mol. The van der Waals surface area contributed by atoms with E-state index in [2.05, 4.69) is 5.32 Å². The maximum absolute atomic E-state index is 12.3. The summed E-state index contributed by atoms with van der Waals surface area (Å²) >= 11 is 0. The summed E-state index contributed by atoms with van der Waals surface area (Å²) in [5.74, 6) is -0.175. The Hall–Kier alpha value is -2.18. The smallest absolute Gasteiger partial charge is 0.255 e. The van der Waals surface area contributed by atoms with Gasteiger partial charge in [-0.25, -0.2) is 8.42 Å². The van der Waals surface area contributed by atoms with E-state index < -0.39 is 10.0 Å². The van der Waals surface area contributed by atoms with E-state index in [0.29, 0.717) is 30.8 Å². The van der Waals surface area contributed by atoms with E-state index in [9.17, 15) is 13.2 Å². The molecule has 2 aromatic carbocycles. The number of carbonyl (C=O) groups is 1. The average Bonchev–Trinajstić information content (AvgIpc) is 2.54. The molecule has 5 nitrogen and oxygen atoms in total. The van der Waals surface area contributed by atoms with Crippen molar-refractivity contribution in [3.63, 3.8) is 0 Å². The highest BCUT2D eigenvalue weighted by Gasteiger charge is 2.23. The molecule has 126 valence electrons. The van der Waals surface area contributed by atoms with Gasteiger partial charge in [-0.15, -0.1) is 0 Å². The molecule has 2 aromatic rings. The summed E-state index contributed by atoms with van der Waals surface area (Å²) in [6.45, 7) is 2.82. The van der Waals surface area contributed by atoms with Crippen molar-refractivity contribution in [3.8, 4) is 0 Å². The van der Waals surface area contributed by atoms with Crippen LogP contribution in [0.15, 0.2) is 42.5 Å². The molecule has 3 rings (SSSR count). The van der Waals surface area contributed by atoms with E-state index in [1.807, 2.05) is 37.3 Å². The standard InChI is InChI=1S/C18H20N2O3S/c1-13-3-5-15(6-4-13)18(21)19-17-8-7-14-9-10-20(24(2,22)23)12-16(14)11-17/h3-8,11H,9-10,12H2,1-2H3,(H,19,21). The van der Waals surface area contributed by atoms with E-state index in [4.69, 9.17) is 0 Å². The zero-order valence-electron chi connectivity index (χ0n) is 13.7. The minimum atomic E-state index is -3.21. The lowest BCUT2D eigenvalue weighted by atomic mass is 10.0. The van der Waals surface area contributed by atoms with Crippen LogP contribution in [0, 0.1) is 6.92 Å². The average molecular weight is 344 g/mol. The minimum absolute atomic E-state index is 0.175. The van der Waals surface area contributed by atoms with Gasteiger partial charge in [0.05, 0.1) is 6.26 Å². The zero-order chi connectivity index (χ0) is 17.3. The van der Waals surface area contributed by atoms with Crippen LogP contribution in [-0.2, 0) is 23.0 Å². The van der Waals surface area contributed by atoms with Gasteiger partial charge in [0.25, 0.3) is 5.91 Å². The maximum atomic E-state index is 12.3. The SMILES string of the molecule is Cc1ccc(C(=O)Nc2ccc3c(c2)CN(S(C)(=O)=O)CC3)cc1. The van der Waals surface area contributed by atoms with E-state index in [-0.39, 0.29) is 5.91 Å². The highest BCUT2D eigenvalue weighted by atomic mass is 32.2. The fourth-order valence-corrected chi connectivity index (χ4v) is 3.60. The number of fused-ring (bicyclic) bond motifs is 1. The van der Waals surface area contributed by atoms with E-state index in [1.165, 1.54) is 10.6 Å². The number of sulfonamides is 1. The highest BCUT2D eigenvalue weighted by molar-refractivity contribution is 7.88. The summed E-state index contributed by atoms with van der Waals surface area (Å²) < 4.78 is 24.9. The normalized spacial score (nSPS) is 14.9. The van der Waals surface area contributed by atoms with E-state index in [1.54, 1.807) is 12.1 Å². The Morgan fingerprint density at radius 3 is 2.46 bits per heavy atom. The Labute approximate surface area is 142 Å². The molecule has 6 heteroatoms. The molecule has 0 aromatic heterocycles. The Morgan fingerprint density at radius 1 is 1.08 bits per heavy atom. The van der Waals surface area contributed by atoms with Gasteiger partial charge in [0, 0.05) is 24.3 Å². The summed E-state index contributed by atoms with van der Waals surface area (Å²) in [6.07, 6.45) is 1.91. The number of rotatable bonds is 3. The lowest BCUT2D eigenvalue weighted by molar-refractivity contribution is 0.102. The molecular formula is C18H20N2O3S. The van der Waals surface area contributed by atoms with Crippen LogP contribution in [0.2, 0.25) is 0 Å². The molecular weight excluding hydrogens is 324 g/mol. The molecule has 0 saturated heterocycles. The second-order valence-corrected chi connectivity index (χ2v) is 8.13. The predicted molar refractivity (Wildman–Crippen MR) is 94.5 cm³/mol. The molecule has 0 radical (unpaired) electrons. The number of hydrogen-bond acceptors (Lipinski definition) is 3. The number of anilines is 1. The first-order chi connectivity index (χ1) is 11.3. The predicted octanol–water partition coefficient (Wildman–Crippen LogP) is 2.57. The van der Waals surface area contributed by atoms with Crippen molar-refractivity contribution in [1.29, 1.82) is 0 Å². The van der Waals surface area contributed by atoms with Crippen molar-refractivity contribution in [2.24, 2.45) is 0 Å². The van der Waals surface area contributed by atoms with Crippen molar-refractivity contribution < 1.29 is 13.2 Å². The first-order valence-electron chi connectivity index (χ1n) is 7.78. The van der Waals surface area contributed by atoms with Gasteiger partial charge in [-0.3, -0.25) is 4.79 Å². The minimum Gasteiger partial charge on any atom is -0.322 e.